The van der Waals surface area contributed by atoms with Crippen molar-refractivity contribution in [2.45, 2.75) is 6.23 Å². The first kappa shape index (κ1) is 15.1. The summed E-state index contributed by atoms with van der Waals surface area (Å²) in [6.45, 7) is 0. The van der Waals surface area contributed by atoms with Gasteiger partial charge in [0.1, 0.15) is 0 Å². The average molecular weight is 302 g/mol. The second kappa shape index (κ2) is 6.44. The van der Waals surface area contributed by atoms with Gasteiger partial charge in [-0.1, -0.05) is 24.3 Å². The van der Waals surface area contributed by atoms with Crippen LogP contribution in [0.1, 0.15) is 22.1 Å². The Bertz CT molecular complexity index is 717. The molecule has 112 valence electrons. The minimum Gasteiger partial charge on any atom is -0.418 e. The van der Waals surface area contributed by atoms with Crippen molar-refractivity contribution in [1.82, 2.24) is 0 Å². The number of nitro groups is 2. The van der Waals surface area contributed by atoms with Gasteiger partial charge < -0.3 is 4.74 Å². The molecule has 0 amide bonds. The number of nitro benzene ring substituents is 1. The second-order valence-corrected chi connectivity index (χ2v) is 4.24. The number of benzene rings is 2. The Labute approximate surface area is 124 Å². The fraction of sp³-hybridized carbons (Fsp3) is 0.0714. The molecule has 0 saturated carbocycles. The molecule has 0 fully saturated rings. The van der Waals surface area contributed by atoms with Crippen molar-refractivity contribution < 1.29 is 19.4 Å². The Hall–Kier alpha value is -3.29. The van der Waals surface area contributed by atoms with E-state index in [2.05, 4.69) is 0 Å². The Morgan fingerprint density at radius 1 is 1.00 bits per heavy atom. The molecule has 0 aliphatic rings. The number of carbonyl (C=O) groups is 1. The number of aldehydes is 1. The molecule has 22 heavy (non-hydrogen) atoms. The number of para-hydroxylation sites is 1. The number of hydrogen-bond donors (Lipinski definition) is 0. The molecule has 2 aromatic rings. The van der Waals surface area contributed by atoms with Crippen molar-refractivity contribution in [1.29, 1.82) is 0 Å². The van der Waals surface area contributed by atoms with E-state index in [1.54, 1.807) is 18.2 Å². The van der Waals surface area contributed by atoms with Crippen molar-refractivity contribution in [2.75, 3.05) is 0 Å². The van der Waals surface area contributed by atoms with Crippen LogP contribution in [0, 0.1) is 20.2 Å². The van der Waals surface area contributed by atoms with Crippen molar-refractivity contribution >= 4 is 12.0 Å². The Balaban J connectivity index is 2.49. The summed E-state index contributed by atoms with van der Waals surface area (Å²) in [6.07, 6.45) is -1.30. The predicted molar refractivity (Wildman–Crippen MR) is 75.3 cm³/mol. The summed E-state index contributed by atoms with van der Waals surface area (Å²) < 4.78 is 5.20. The third kappa shape index (κ3) is 3.06. The predicted octanol–water partition coefficient (Wildman–Crippen LogP) is 2.76. The second-order valence-electron chi connectivity index (χ2n) is 4.24. The fourth-order valence-corrected chi connectivity index (χ4v) is 1.87. The third-order valence-electron chi connectivity index (χ3n) is 2.85. The lowest BCUT2D eigenvalue weighted by Crippen LogP contribution is -2.18. The molecule has 2 rings (SSSR count). The van der Waals surface area contributed by atoms with Gasteiger partial charge in [0, 0.05) is 6.07 Å². The maximum absolute atomic E-state index is 11.2. The average Bonchev–Trinajstić information content (AvgIpc) is 2.52. The Morgan fingerprint density at radius 3 is 2.23 bits per heavy atom. The van der Waals surface area contributed by atoms with Gasteiger partial charge in [0.05, 0.1) is 21.0 Å². The van der Waals surface area contributed by atoms with Crippen LogP contribution in [0.15, 0.2) is 48.5 Å². The summed E-state index contributed by atoms with van der Waals surface area (Å²) in [4.78, 5) is 31.8. The zero-order chi connectivity index (χ0) is 16.1. The highest BCUT2D eigenvalue weighted by molar-refractivity contribution is 5.82. The standard InChI is InChI=1S/C14H10N2O6/c17-9-11-7-4-8-12(15(18)19)13(11)22-14(16(20)21)10-5-2-1-3-6-10/h1-9,14H. The molecule has 1 atom stereocenters. The van der Waals surface area contributed by atoms with E-state index in [9.17, 15) is 25.0 Å². The summed E-state index contributed by atoms with van der Waals surface area (Å²) >= 11 is 0. The SMILES string of the molecule is O=Cc1cccc([N+](=O)[O-])c1OC(c1ccccc1)[N+](=O)[O-]. The minimum atomic E-state index is -1.65. The van der Waals surface area contributed by atoms with Crippen LogP contribution >= 0.6 is 0 Å². The van der Waals surface area contributed by atoms with E-state index in [4.69, 9.17) is 4.74 Å². The molecule has 0 N–H and O–H groups in total. The molecule has 0 aromatic heterocycles. The van der Waals surface area contributed by atoms with E-state index in [0.717, 1.165) is 6.07 Å². The molecule has 0 spiro atoms. The van der Waals surface area contributed by atoms with E-state index < -0.39 is 27.5 Å². The van der Waals surface area contributed by atoms with Crippen LogP contribution < -0.4 is 4.74 Å². The number of rotatable bonds is 6. The van der Waals surface area contributed by atoms with Gasteiger partial charge in [0.15, 0.2) is 6.29 Å². The molecule has 2 aromatic carbocycles. The molecule has 1 unspecified atom stereocenters. The number of ether oxygens (including phenoxy) is 1. The van der Waals surface area contributed by atoms with Crippen LogP contribution in [0.2, 0.25) is 0 Å². The van der Waals surface area contributed by atoms with Crippen molar-refractivity contribution in [3.05, 3.63) is 79.9 Å². The van der Waals surface area contributed by atoms with E-state index in [1.165, 1.54) is 24.3 Å². The summed E-state index contributed by atoms with van der Waals surface area (Å²) in [7, 11) is 0. The van der Waals surface area contributed by atoms with Crippen LogP contribution in [0.25, 0.3) is 0 Å². The van der Waals surface area contributed by atoms with Crippen LogP contribution in [0.3, 0.4) is 0 Å². The fourth-order valence-electron chi connectivity index (χ4n) is 1.87. The number of hydrogen-bond acceptors (Lipinski definition) is 6. The molecule has 0 aliphatic heterocycles. The molecular weight excluding hydrogens is 292 g/mol. The molecule has 8 heteroatoms. The number of carbonyl (C=O) groups excluding carboxylic acids is 1. The first-order chi connectivity index (χ1) is 10.5. The van der Waals surface area contributed by atoms with Gasteiger partial charge in [-0.2, -0.15) is 0 Å². The van der Waals surface area contributed by atoms with Crippen LogP contribution in [0.4, 0.5) is 5.69 Å². The summed E-state index contributed by atoms with van der Waals surface area (Å²) in [5.74, 6) is -0.423. The zero-order valence-electron chi connectivity index (χ0n) is 11.1. The maximum Gasteiger partial charge on any atom is 0.381 e. The van der Waals surface area contributed by atoms with Crippen LogP contribution in [-0.2, 0) is 0 Å². The summed E-state index contributed by atoms with van der Waals surface area (Å²) in [5.41, 5.74) is -0.424. The molecule has 0 radical (unpaired) electrons. The Morgan fingerprint density at radius 2 is 1.68 bits per heavy atom. The van der Waals surface area contributed by atoms with Crippen molar-refractivity contribution in [2.24, 2.45) is 0 Å². The topological polar surface area (TPSA) is 113 Å². The Kier molecular flexibility index (Phi) is 4.42. The molecule has 0 bridgehead atoms. The van der Waals surface area contributed by atoms with E-state index >= 15 is 0 Å². The smallest absolute Gasteiger partial charge is 0.381 e. The van der Waals surface area contributed by atoms with Gasteiger partial charge in [0.25, 0.3) is 0 Å². The van der Waals surface area contributed by atoms with Crippen molar-refractivity contribution in [3.8, 4) is 5.75 Å². The van der Waals surface area contributed by atoms with Gasteiger partial charge in [-0.15, -0.1) is 0 Å². The van der Waals surface area contributed by atoms with E-state index in [1.807, 2.05) is 0 Å². The van der Waals surface area contributed by atoms with E-state index in [0.29, 0.717) is 6.29 Å². The number of nitrogens with zero attached hydrogens (tertiary/aromatic N) is 2. The summed E-state index contributed by atoms with van der Waals surface area (Å²) in [6, 6.07) is 11.5. The molecule has 0 saturated heterocycles. The minimum absolute atomic E-state index is 0.128. The van der Waals surface area contributed by atoms with Gasteiger partial charge in [-0.25, -0.2) is 0 Å². The van der Waals surface area contributed by atoms with E-state index in [-0.39, 0.29) is 11.1 Å². The highest BCUT2D eigenvalue weighted by Crippen LogP contribution is 2.33. The third-order valence-corrected chi connectivity index (χ3v) is 2.85. The zero-order valence-corrected chi connectivity index (χ0v) is 11.1. The maximum atomic E-state index is 11.2. The summed E-state index contributed by atoms with van der Waals surface area (Å²) in [5, 5.41) is 22.2. The first-order valence-corrected chi connectivity index (χ1v) is 6.12. The van der Waals surface area contributed by atoms with Crippen LogP contribution in [0.5, 0.6) is 5.75 Å². The molecule has 8 nitrogen and oxygen atoms in total. The van der Waals surface area contributed by atoms with Gasteiger partial charge in [-0.05, 0) is 18.2 Å². The highest BCUT2D eigenvalue weighted by atomic mass is 16.7. The van der Waals surface area contributed by atoms with Crippen molar-refractivity contribution in [3.63, 3.8) is 0 Å². The highest BCUT2D eigenvalue weighted by Gasteiger charge is 2.30. The lowest BCUT2D eigenvalue weighted by Gasteiger charge is -2.13. The quantitative estimate of drug-likeness (QED) is 0.351. The lowest BCUT2D eigenvalue weighted by atomic mass is 10.1. The molecular formula is C14H10N2O6. The monoisotopic (exact) mass is 302 g/mol. The normalized spacial score (nSPS) is 11.5. The largest absolute Gasteiger partial charge is 0.418 e. The van der Waals surface area contributed by atoms with Crippen LogP contribution in [-0.4, -0.2) is 16.1 Å². The van der Waals surface area contributed by atoms with Gasteiger partial charge in [0.2, 0.25) is 5.75 Å². The lowest BCUT2D eigenvalue weighted by molar-refractivity contribution is -0.571. The molecule has 0 heterocycles. The first-order valence-electron chi connectivity index (χ1n) is 6.12. The van der Waals surface area contributed by atoms with Gasteiger partial charge >= 0.3 is 11.9 Å². The molecule has 0 aliphatic carbocycles. The van der Waals surface area contributed by atoms with Gasteiger partial charge in [-0.3, -0.25) is 25.0 Å².